The summed E-state index contributed by atoms with van der Waals surface area (Å²) < 4.78 is 5.74. The highest BCUT2D eigenvalue weighted by Gasteiger charge is 2.63. The van der Waals surface area contributed by atoms with Gasteiger partial charge in [-0.25, -0.2) is 0 Å². The molecule has 0 unspecified atom stereocenters. The van der Waals surface area contributed by atoms with Gasteiger partial charge in [-0.1, -0.05) is 20.8 Å². The van der Waals surface area contributed by atoms with Gasteiger partial charge in [0.2, 0.25) is 0 Å². The lowest BCUT2D eigenvalue weighted by molar-refractivity contribution is -0.145. The van der Waals surface area contributed by atoms with Crippen molar-refractivity contribution < 1.29 is 19.1 Å². The average Bonchev–Trinajstić information content (AvgIpc) is 3.39. The Hall–Kier alpha value is -1.73. The van der Waals surface area contributed by atoms with Crippen molar-refractivity contribution >= 4 is 29.1 Å². The van der Waals surface area contributed by atoms with E-state index in [1.54, 1.807) is 11.3 Å². The molecule has 6 nitrogen and oxygen atoms in total. The Labute approximate surface area is 168 Å². The molecule has 4 aliphatic rings. The van der Waals surface area contributed by atoms with E-state index in [2.05, 4.69) is 26.2 Å². The van der Waals surface area contributed by atoms with Crippen LogP contribution < -0.4 is 5.43 Å². The van der Waals surface area contributed by atoms with E-state index in [9.17, 15) is 14.4 Å². The van der Waals surface area contributed by atoms with E-state index in [-0.39, 0.29) is 35.3 Å². The maximum atomic E-state index is 12.9. The first-order valence-electron chi connectivity index (χ1n) is 10.2. The summed E-state index contributed by atoms with van der Waals surface area (Å²) >= 11 is 1.62. The van der Waals surface area contributed by atoms with Gasteiger partial charge >= 0.3 is 0 Å². The van der Waals surface area contributed by atoms with Crippen molar-refractivity contribution in [2.24, 2.45) is 23.2 Å². The Balaban J connectivity index is 1.33. The molecular weight excluding hydrogens is 376 g/mol. The second-order valence-electron chi connectivity index (χ2n) is 9.65. The minimum atomic E-state index is -0.421. The van der Waals surface area contributed by atoms with E-state index in [1.165, 1.54) is 4.88 Å². The number of hydrogen-bond donors (Lipinski definition) is 1. The minimum Gasteiger partial charge on any atom is -0.373 e. The first kappa shape index (κ1) is 18.3. The molecule has 150 valence electrons. The fraction of sp³-hybridized carbons (Fsp3) is 0.667. The van der Waals surface area contributed by atoms with Crippen molar-refractivity contribution in [3.05, 3.63) is 21.4 Å². The molecule has 1 N–H and O–H groups in total. The molecule has 5 rings (SSSR count). The first-order chi connectivity index (χ1) is 13.3. The smallest absolute Gasteiger partial charge is 0.271 e. The third kappa shape index (κ3) is 2.59. The molecule has 1 aliphatic carbocycles. The Morgan fingerprint density at radius 2 is 1.79 bits per heavy atom. The number of nitrogens with one attached hydrogen (secondary N) is 1. The maximum absolute atomic E-state index is 12.9. The molecule has 1 aromatic rings. The van der Waals surface area contributed by atoms with Crippen LogP contribution in [0.5, 0.6) is 0 Å². The molecule has 0 radical (unpaired) electrons. The van der Waals surface area contributed by atoms with Crippen LogP contribution in [0.25, 0.3) is 0 Å². The highest BCUT2D eigenvalue weighted by atomic mass is 32.1. The molecule has 3 fully saturated rings. The molecule has 5 atom stereocenters. The first-order valence-corrected chi connectivity index (χ1v) is 11.1. The van der Waals surface area contributed by atoms with Crippen molar-refractivity contribution in [2.45, 2.75) is 65.1 Å². The molecule has 4 heterocycles. The Morgan fingerprint density at radius 3 is 2.39 bits per heavy atom. The number of fused-ring (bicyclic) bond motifs is 6. The van der Waals surface area contributed by atoms with Crippen molar-refractivity contribution in [1.29, 1.82) is 0 Å². The van der Waals surface area contributed by atoms with Gasteiger partial charge in [0.25, 0.3) is 17.7 Å². The van der Waals surface area contributed by atoms with Gasteiger partial charge < -0.3 is 4.74 Å². The van der Waals surface area contributed by atoms with E-state index < -0.39 is 11.8 Å². The summed E-state index contributed by atoms with van der Waals surface area (Å²) in [7, 11) is 0. The summed E-state index contributed by atoms with van der Waals surface area (Å²) in [4.78, 5) is 39.7. The van der Waals surface area contributed by atoms with Crippen LogP contribution >= 0.6 is 11.3 Å². The molecule has 1 aromatic heterocycles. The van der Waals surface area contributed by atoms with Crippen LogP contribution in [0, 0.1) is 23.2 Å². The summed E-state index contributed by atoms with van der Waals surface area (Å²) in [5.41, 5.74) is 4.57. The molecule has 3 saturated heterocycles. The topological polar surface area (TPSA) is 75.7 Å². The number of carbonyl (C=O) groups is 3. The number of amides is 3. The van der Waals surface area contributed by atoms with Gasteiger partial charge in [0.1, 0.15) is 0 Å². The molecule has 28 heavy (non-hydrogen) atoms. The van der Waals surface area contributed by atoms with E-state index >= 15 is 0 Å². The van der Waals surface area contributed by atoms with E-state index in [4.69, 9.17) is 4.74 Å². The van der Waals surface area contributed by atoms with Crippen molar-refractivity contribution in [1.82, 2.24) is 10.4 Å². The van der Waals surface area contributed by atoms with Crippen LogP contribution in [0.15, 0.2) is 5.38 Å². The van der Waals surface area contributed by atoms with E-state index in [0.717, 1.165) is 42.7 Å². The molecule has 3 amide bonds. The second-order valence-corrected chi connectivity index (χ2v) is 10.6. The monoisotopic (exact) mass is 402 g/mol. The molecule has 7 heteroatoms. The highest BCUT2D eigenvalue weighted by Crippen LogP contribution is 2.48. The summed E-state index contributed by atoms with van der Waals surface area (Å²) in [5.74, 6) is -1.21. The zero-order valence-electron chi connectivity index (χ0n) is 16.5. The Morgan fingerprint density at radius 1 is 1.14 bits per heavy atom. The number of rotatable bonds is 2. The summed E-state index contributed by atoms with van der Waals surface area (Å²) in [6.45, 7) is 6.80. The van der Waals surface area contributed by atoms with Crippen molar-refractivity contribution in [3.63, 3.8) is 0 Å². The molecule has 0 spiro atoms. The summed E-state index contributed by atoms with van der Waals surface area (Å²) in [5, 5.41) is 2.85. The van der Waals surface area contributed by atoms with Gasteiger partial charge in [-0.3, -0.25) is 19.8 Å². The van der Waals surface area contributed by atoms with Crippen LogP contribution in [-0.2, 0) is 27.2 Å². The number of imide groups is 1. The summed E-state index contributed by atoms with van der Waals surface area (Å²) in [6, 6.07) is 0. The SMILES string of the molecule is CC(C)(C)[C@H]1CCc2c(C(=O)NN3C(=O)[C@@H]4[C@H](C3=O)[C@H]3CC[C@H]4O3)csc2C1. The average molecular weight is 403 g/mol. The minimum absolute atomic E-state index is 0.170. The number of hydrazine groups is 1. The predicted molar refractivity (Wildman–Crippen MR) is 103 cm³/mol. The van der Waals surface area contributed by atoms with Gasteiger partial charge in [-0.15, -0.1) is 11.3 Å². The molecule has 3 aliphatic heterocycles. The second kappa shape index (κ2) is 6.13. The standard InChI is InChI=1S/C21H26N2O4S/c1-21(2,3)10-4-5-11-12(9-28-15(11)8-10)18(24)22-23-19(25)16-13-6-7-14(27-13)17(16)20(23)26/h9-10,13-14,16-17H,4-8H2,1-3H3,(H,22,24)/t10-,13+,14+,16-,17+/m0/s1. The third-order valence-electron chi connectivity index (χ3n) is 7.12. The molecule has 0 aromatic carbocycles. The normalized spacial score (nSPS) is 34.0. The number of nitrogens with zero attached hydrogens (tertiary/aromatic N) is 1. The summed E-state index contributed by atoms with van der Waals surface area (Å²) in [6.07, 6.45) is 4.21. The highest BCUT2D eigenvalue weighted by molar-refractivity contribution is 7.10. The number of thiophene rings is 1. The Bertz CT molecular complexity index is 842. The molecule has 2 bridgehead atoms. The predicted octanol–water partition coefficient (Wildman–Crippen LogP) is 2.71. The van der Waals surface area contributed by atoms with Crippen molar-refractivity contribution in [3.8, 4) is 0 Å². The van der Waals surface area contributed by atoms with Gasteiger partial charge in [0.15, 0.2) is 0 Å². The lowest BCUT2D eigenvalue weighted by Gasteiger charge is -2.34. The molecular formula is C21H26N2O4S. The number of hydrogen-bond acceptors (Lipinski definition) is 5. The van der Waals surface area contributed by atoms with Gasteiger partial charge in [0, 0.05) is 10.3 Å². The molecule has 0 saturated carbocycles. The lowest BCUT2D eigenvalue weighted by atomic mass is 9.72. The lowest BCUT2D eigenvalue weighted by Crippen LogP contribution is -2.48. The van der Waals surface area contributed by atoms with E-state index in [0.29, 0.717) is 11.5 Å². The van der Waals surface area contributed by atoms with Gasteiger partial charge in [0.05, 0.1) is 29.6 Å². The zero-order chi connectivity index (χ0) is 19.8. The van der Waals surface area contributed by atoms with Gasteiger partial charge in [-0.2, -0.15) is 5.01 Å². The third-order valence-corrected chi connectivity index (χ3v) is 8.17. The fourth-order valence-electron chi connectivity index (χ4n) is 5.43. The number of carbonyl (C=O) groups excluding carboxylic acids is 3. The largest absolute Gasteiger partial charge is 0.373 e. The van der Waals surface area contributed by atoms with Crippen LogP contribution in [0.2, 0.25) is 0 Å². The Kier molecular flexibility index (Phi) is 4.01. The quantitative estimate of drug-likeness (QED) is 0.772. The fourth-order valence-corrected chi connectivity index (χ4v) is 6.59. The van der Waals surface area contributed by atoms with Gasteiger partial charge in [-0.05, 0) is 49.0 Å². The zero-order valence-corrected chi connectivity index (χ0v) is 17.3. The van der Waals surface area contributed by atoms with Crippen LogP contribution in [0.3, 0.4) is 0 Å². The van der Waals surface area contributed by atoms with Crippen LogP contribution in [0.1, 0.15) is 60.8 Å². The van der Waals surface area contributed by atoms with Crippen LogP contribution in [0.4, 0.5) is 0 Å². The van der Waals surface area contributed by atoms with Crippen LogP contribution in [-0.4, -0.2) is 34.9 Å². The number of ether oxygens (including phenoxy) is 1. The van der Waals surface area contributed by atoms with Crippen molar-refractivity contribution in [2.75, 3.05) is 0 Å². The maximum Gasteiger partial charge on any atom is 0.271 e. The van der Waals surface area contributed by atoms with E-state index in [1.807, 2.05) is 5.38 Å².